The molecule has 1 aromatic heterocycles. The van der Waals surface area contributed by atoms with Crippen molar-refractivity contribution in [2.75, 3.05) is 0 Å². The first-order valence-electron chi connectivity index (χ1n) is 2.64. The van der Waals surface area contributed by atoms with E-state index in [4.69, 9.17) is 16.8 Å². The molecule has 0 saturated heterocycles. The SMILES string of the molecule is O=S(=O)(NO)Oc1ccc(Cl)s1. The Labute approximate surface area is 77.8 Å². The van der Waals surface area contributed by atoms with Crippen molar-refractivity contribution >= 4 is 33.2 Å². The number of thiophene rings is 1. The molecule has 1 aromatic rings. The van der Waals surface area contributed by atoms with Crippen LogP contribution in [-0.4, -0.2) is 13.6 Å². The van der Waals surface area contributed by atoms with Crippen molar-refractivity contribution in [3.05, 3.63) is 16.5 Å². The van der Waals surface area contributed by atoms with E-state index in [9.17, 15) is 8.42 Å². The molecule has 0 aromatic carbocycles. The van der Waals surface area contributed by atoms with Gasteiger partial charge in [0.05, 0.1) is 4.34 Å². The zero-order chi connectivity index (χ0) is 9.19. The Morgan fingerprint density at radius 3 is 2.67 bits per heavy atom. The van der Waals surface area contributed by atoms with Gasteiger partial charge in [-0.05, 0) is 12.1 Å². The Kier molecular flexibility index (Phi) is 2.91. The summed E-state index contributed by atoms with van der Waals surface area (Å²) in [5.41, 5.74) is 0. The molecule has 0 aliphatic carbocycles. The highest BCUT2D eigenvalue weighted by molar-refractivity contribution is 7.85. The van der Waals surface area contributed by atoms with Crippen molar-refractivity contribution in [3.8, 4) is 5.06 Å². The molecule has 0 fully saturated rings. The van der Waals surface area contributed by atoms with Crippen LogP contribution in [0.5, 0.6) is 5.06 Å². The number of hydrogen-bond acceptors (Lipinski definition) is 5. The summed E-state index contributed by atoms with van der Waals surface area (Å²) in [5.74, 6) is 0. The van der Waals surface area contributed by atoms with E-state index in [1.807, 2.05) is 0 Å². The molecule has 0 radical (unpaired) electrons. The van der Waals surface area contributed by atoms with Gasteiger partial charge in [-0.3, -0.25) is 5.21 Å². The highest BCUT2D eigenvalue weighted by Crippen LogP contribution is 2.28. The van der Waals surface area contributed by atoms with Crippen LogP contribution in [0.1, 0.15) is 0 Å². The van der Waals surface area contributed by atoms with Gasteiger partial charge >= 0.3 is 10.3 Å². The van der Waals surface area contributed by atoms with Crippen LogP contribution in [0.25, 0.3) is 0 Å². The van der Waals surface area contributed by atoms with E-state index in [1.54, 1.807) is 0 Å². The fourth-order valence-electron chi connectivity index (χ4n) is 0.469. The quantitative estimate of drug-likeness (QED) is 0.759. The molecule has 0 unspecified atom stereocenters. The Morgan fingerprint density at radius 1 is 1.58 bits per heavy atom. The largest absolute Gasteiger partial charge is 0.405 e. The summed E-state index contributed by atoms with van der Waals surface area (Å²) >= 11 is 6.44. The first-order valence-corrected chi connectivity index (χ1v) is 5.24. The summed E-state index contributed by atoms with van der Waals surface area (Å²) in [6.45, 7) is 0. The van der Waals surface area contributed by atoms with Gasteiger partial charge in [-0.1, -0.05) is 27.8 Å². The van der Waals surface area contributed by atoms with E-state index in [2.05, 4.69) is 4.18 Å². The summed E-state index contributed by atoms with van der Waals surface area (Å²) in [4.78, 5) is 1.01. The van der Waals surface area contributed by atoms with Crippen molar-refractivity contribution in [2.24, 2.45) is 0 Å². The Bertz CT molecular complexity index is 359. The van der Waals surface area contributed by atoms with Crippen molar-refractivity contribution in [3.63, 3.8) is 0 Å². The van der Waals surface area contributed by atoms with Gasteiger partial charge in [0.2, 0.25) is 0 Å². The summed E-state index contributed by atoms with van der Waals surface area (Å²) in [7, 11) is -4.10. The summed E-state index contributed by atoms with van der Waals surface area (Å²) in [6.07, 6.45) is 0. The lowest BCUT2D eigenvalue weighted by Crippen LogP contribution is -2.24. The monoisotopic (exact) mass is 229 g/mol. The molecule has 0 spiro atoms. The average molecular weight is 230 g/mol. The second-order valence-electron chi connectivity index (χ2n) is 1.69. The first kappa shape index (κ1) is 9.75. The van der Waals surface area contributed by atoms with Crippen LogP contribution in [0.3, 0.4) is 0 Å². The third-order valence-corrected chi connectivity index (χ3v) is 2.69. The Balaban J connectivity index is 2.77. The van der Waals surface area contributed by atoms with Gasteiger partial charge in [0.1, 0.15) is 0 Å². The molecule has 0 saturated carbocycles. The Morgan fingerprint density at radius 2 is 2.25 bits per heavy atom. The molecule has 0 aliphatic rings. The smallest absolute Gasteiger partial charge is 0.358 e. The third kappa shape index (κ3) is 2.61. The fraction of sp³-hybridized carbons (Fsp3) is 0. The fourth-order valence-corrected chi connectivity index (χ4v) is 1.94. The van der Waals surface area contributed by atoms with Crippen molar-refractivity contribution in [2.45, 2.75) is 0 Å². The molecule has 1 rings (SSSR count). The number of nitrogens with one attached hydrogen (secondary N) is 1. The molecule has 0 amide bonds. The van der Waals surface area contributed by atoms with Gasteiger partial charge in [-0.25, -0.2) is 0 Å². The molecule has 0 atom stereocenters. The minimum atomic E-state index is -4.10. The average Bonchev–Trinajstić information content (AvgIpc) is 2.35. The van der Waals surface area contributed by atoms with Crippen LogP contribution in [-0.2, 0) is 10.3 Å². The molecule has 1 heterocycles. The Hall–Kier alpha value is -0.340. The van der Waals surface area contributed by atoms with Gasteiger partial charge in [-0.15, -0.1) is 0 Å². The van der Waals surface area contributed by atoms with Gasteiger partial charge in [0.15, 0.2) is 5.06 Å². The van der Waals surface area contributed by atoms with E-state index in [0.717, 1.165) is 16.2 Å². The molecular weight excluding hydrogens is 226 g/mol. The minimum absolute atomic E-state index is 0.0848. The van der Waals surface area contributed by atoms with E-state index in [1.165, 1.54) is 12.1 Å². The van der Waals surface area contributed by atoms with Gasteiger partial charge < -0.3 is 4.18 Å². The molecule has 5 nitrogen and oxygen atoms in total. The van der Waals surface area contributed by atoms with Gasteiger partial charge in [-0.2, -0.15) is 8.42 Å². The predicted octanol–water partition coefficient (Wildman–Crippen LogP) is 1.00. The third-order valence-electron chi connectivity index (χ3n) is 0.852. The van der Waals surface area contributed by atoms with E-state index >= 15 is 0 Å². The van der Waals surface area contributed by atoms with Crippen LogP contribution in [0.2, 0.25) is 4.34 Å². The van der Waals surface area contributed by atoms with Crippen LogP contribution in [0.4, 0.5) is 0 Å². The van der Waals surface area contributed by atoms with E-state index in [0.29, 0.717) is 4.34 Å². The molecule has 0 bridgehead atoms. The molecular formula is C4H4ClNO4S2. The zero-order valence-corrected chi connectivity index (χ0v) is 7.91. The van der Waals surface area contributed by atoms with Crippen molar-refractivity contribution < 1.29 is 17.8 Å². The first-order chi connectivity index (χ1) is 5.53. The predicted molar refractivity (Wildman–Crippen MR) is 43.8 cm³/mol. The maximum atomic E-state index is 10.6. The van der Waals surface area contributed by atoms with E-state index in [-0.39, 0.29) is 5.06 Å². The molecule has 2 N–H and O–H groups in total. The second-order valence-corrected chi connectivity index (χ2v) is 4.62. The molecule has 12 heavy (non-hydrogen) atoms. The zero-order valence-electron chi connectivity index (χ0n) is 5.52. The molecule has 68 valence electrons. The highest BCUT2D eigenvalue weighted by Gasteiger charge is 2.11. The lowest BCUT2D eigenvalue weighted by atomic mass is 10.7. The topological polar surface area (TPSA) is 75.6 Å². The second kappa shape index (κ2) is 3.58. The summed E-state index contributed by atoms with van der Waals surface area (Å²) in [5, 5.41) is 8.16. The lowest BCUT2D eigenvalue weighted by Gasteiger charge is -1.99. The number of halogens is 1. The summed E-state index contributed by atoms with van der Waals surface area (Å²) in [6, 6.07) is 2.86. The standard InChI is InChI=1S/C4H4ClNO4S2/c5-3-1-2-4(11-3)10-12(8,9)6-7/h1-2,6-7H. The molecule has 0 aliphatic heterocycles. The van der Waals surface area contributed by atoms with Crippen molar-refractivity contribution in [1.29, 1.82) is 0 Å². The normalized spacial score (nSPS) is 11.5. The maximum Gasteiger partial charge on any atom is 0.405 e. The van der Waals surface area contributed by atoms with Gasteiger partial charge in [0, 0.05) is 0 Å². The number of hydrogen-bond donors (Lipinski definition) is 2. The summed E-state index contributed by atoms with van der Waals surface area (Å²) < 4.78 is 25.8. The van der Waals surface area contributed by atoms with Crippen LogP contribution >= 0.6 is 22.9 Å². The minimum Gasteiger partial charge on any atom is -0.358 e. The maximum absolute atomic E-state index is 10.6. The van der Waals surface area contributed by atoms with Crippen LogP contribution in [0.15, 0.2) is 12.1 Å². The van der Waals surface area contributed by atoms with Gasteiger partial charge in [0.25, 0.3) is 0 Å². The van der Waals surface area contributed by atoms with E-state index < -0.39 is 10.3 Å². The lowest BCUT2D eigenvalue weighted by molar-refractivity contribution is 0.229. The van der Waals surface area contributed by atoms with Crippen LogP contribution < -0.4 is 9.07 Å². The number of rotatable bonds is 3. The van der Waals surface area contributed by atoms with Crippen molar-refractivity contribution in [1.82, 2.24) is 4.89 Å². The van der Waals surface area contributed by atoms with Crippen LogP contribution in [0, 0.1) is 0 Å². The molecule has 8 heteroatoms. The highest BCUT2D eigenvalue weighted by atomic mass is 35.5.